The van der Waals surface area contributed by atoms with Crippen LogP contribution in [0.5, 0.6) is 11.5 Å². The van der Waals surface area contributed by atoms with Gasteiger partial charge in [-0.1, -0.05) is 0 Å². The van der Waals surface area contributed by atoms with Crippen molar-refractivity contribution in [1.82, 2.24) is 0 Å². The Hall–Kier alpha value is -2.11. The van der Waals surface area contributed by atoms with Crippen molar-refractivity contribution in [2.24, 2.45) is 0 Å². The molecule has 2 aromatic rings. The van der Waals surface area contributed by atoms with Crippen LogP contribution in [0.25, 0.3) is 0 Å². The van der Waals surface area contributed by atoms with Gasteiger partial charge >= 0.3 is 6.18 Å². The third-order valence-corrected chi connectivity index (χ3v) is 3.70. The molecule has 0 aliphatic heterocycles. The summed E-state index contributed by atoms with van der Waals surface area (Å²) >= 11 is 0. The molecule has 0 aromatic heterocycles. The maximum Gasteiger partial charge on any atom is 0.416 e. The van der Waals surface area contributed by atoms with Crippen LogP contribution in [0.15, 0.2) is 30.3 Å². The molecule has 2 rings (SSSR count). The van der Waals surface area contributed by atoms with Gasteiger partial charge in [0.25, 0.3) is 0 Å². The first-order valence-corrected chi connectivity index (χ1v) is 7.24. The summed E-state index contributed by atoms with van der Waals surface area (Å²) in [6.07, 6.45) is -4.67. The molecule has 0 radical (unpaired) electrons. The number of rotatable bonds is 3. The number of ether oxygens (including phenoxy) is 1. The molecule has 0 N–H and O–H groups in total. The van der Waals surface area contributed by atoms with E-state index in [2.05, 4.69) is 0 Å². The molecule has 24 heavy (non-hydrogen) atoms. The van der Waals surface area contributed by atoms with Crippen LogP contribution >= 0.6 is 0 Å². The van der Waals surface area contributed by atoms with Crippen molar-refractivity contribution < 1.29 is 26.7 Å². The molecule has 0 atom stereocenters. The monoisotopic (exact) mass is 344 g/mol. The van der Waals surface area contributed by atoms with Gasteiger partial charge in [0, 0.05) is 0 Å². The van der Waals surface area contributed by atoms with Crippen LogP contribution in [0.2, 0.25) is 0 Å². The minimum absolute atomic E-state index is 0.198. The van der Waals surface area contributed by atoms with Crippen molar-refractivity contribution in [1.29, 1.82) is 0 Å². The van der Waals surface area contributed by atoms with E-state index in [0.29, 0.717) is 5.56 Å². The maximum atomic E-state index is 14.1. The molecule has 2 aromatic carbocycles. The van der Waals surface area contributed by atoms with Crippen LogP contribution in [0, 0.1) is 19.7 Å². The fraction of sp³-hybridized carbons (Fsp3) is 0.333. The van der Waals surface area contributed by atoms with Gasteiger partial charge in [-0.05, 0) is 74.7 Å². The molecule has 1 nitrogen and oxygen atoms in total. The number of aryl methyl sites for hydroxylation is 2. The van der Waals surface area contributed by atoms with Crippen LogP contribution in [0.1, 0.15) is 36.1 Å². The molecular weight excluding hydrogens is 327 g/mol. The van der Waals surface area contributed by atoms with Crippen molar-refractivity contribution in [2.45, 2.75) is 39.5 Å². The van der Waals surface area contributed by atoms with Gasteiger partial charge in [-0.3, -0.25) is 0 Å². The van der Waals surface area contributed by atoms with Gasteiger partial charge in [0.1, 0.15) is 11.4 Å². The van der Waals surface area contributed by atoms with E-state index < -0.39 is 23.2 Å². The Kier molecular flexibility index (Phi) is 4.61. The second-order valence-electron chi connectivity index (χ2n) is 6.19. The zero-order valence-electron chi connectivity index (χ0n) is 13.7. The molecule has 0 heterocycles. The topological polar surface area (TPSA) is 9.23 Å². The van der Waals surface area contributed by atoms with Crippen LogP contribution in [0.4, 0.5) is 22.0 Å². The summed E-state index contributed by atoms with van der Waals surface area (Å²) in [6.45, 7) is 5.71. The standard InChI is InChI=1S/C18H17F5O/c1-10-5-15(19)16(6-11(10)2)24-14-8-12(17(3,4)20)7-13(9-14)18(21,22)23/h5-9H,1-4H3. The molecule has 0 spiro atoms. The second-order valence-corrected chi connectivity index (χ2v) is 6.19. The van der Waals surface area contributed by atoms with E-state index in [4.69, 9.17) is 4.74 Å². The highest BCUT2D eigenvalue weighted by Crippen LogP contribution is 2.38. The van der Waals surface area contributed by atoms with Crippen LogP contribution in [0.3, 0.4) is 0 Å². The molecule has 0 unspecified atom stereocenters. The Bertz CT molecular complexity index is 725. The van der Waals surface area contributed by atoms with Crippen molar-refractivity contribution in [3.8, 4) is 11.5 Å². The van der Waals surface area contributed by atoms with E-state index in [0.717, 1.165) is 37.6 Å². The first kappa shape index (κ1) is 18.2. The Labute approximate surface area is 137 Å². The van der Waals surface area contributed by atoms with E-state index in [1.165, 1.54) is 12.1 Å². The zero-order valence-corrected chi connectivity index (χ0v) is 13.7. The first-order chi connectivity index (χ1) is 10.9. The summed E-state index contributed by atoms with van der Waals surface area (Å²) in [7, 11) is 0. The van der Waals surface area contributed by atoms with Gasteiger partial charge in [-0.15, -0.1) is 0 Å². The minimum Gasteiger partial charge on any atom is -0.454 e. The fourth-order valence-electron chi connectivity index (χ4n) is 2.12. The predicted molar refractivity (Wildman–Crippen MR) is 81.5 cm³/mol. The molecule has 6 heteroatoms. The summed E-state index contributed by atoms with van der Waals surface area (Å²) in [5, 5.41) is 0. The summed E-state index contributed by atoms with van der Waals surface area (Å²) in [5.74, 6) is -1.18. The third kappa shape index (κ3) is 4.04. The first-order valence-electron chi connectivity index (χ1n) is 7.24. The highest BCUT2D eigenvalue weighted by Gasteiger charge is 2.33. The molecule has 0 aliphatic carbocycles. The second kappa shape index (κ2) is 6.07. The van der Waals surface area contributed by atoms with Crippen LogP contribution < -0.4 is 4.74 Å². The Morgan fingerprint density at radius 1 is 0.792 bits per heavy atom. The Morgan fingerprint density at radius 3 is 1.88 bits per heavy atom. The molecule has 0 bridgehead atoms. The van der Waals surface area contributed by atoms with Crippen molar-refractivity contribution in [3.05, 3.63) is 58.4 Å². The summed E-state index contributed by atoms with van der Waals surface area (Å²) in [4.78, 5) is 0. The summed E-state index contributed by atoms with van der Waals surface area (Å²) < 4.78 is 72.4. The maximum absolute atomic E-state index is 14.1. The van der Waals surface area contributed by atoms with E-state index in [1.54, 1.807) is 13.8 Å². The predicted octanol–water partition coefficient (Wildman–Crippen LogP) is 6.46. The molecule has 0 saturated carbocycles. The zero-order chi connectivity index (χ0) is 18.3. The van der Waals surface area contributed by atoms with Crippen LogP contribution in [-0.2, 0) is 11.8 Å². The van der Waals surface area contributed by atoms with Crippen molar-refractivity contribution in [2.75, 3.05) is 0 Å². The average molecular weight is 344 g/mol. The minimum atomic E-state index is -4.67. The van der Waals surface area contributed by atoms with Gasteiger partial charge in [0.15, 0.2) is 11.6 Å². The SMILES string of the molecule is Cc1cc(F)c(Oc2cc(C(C)(C)F)cc(C(F)(F)F)c2)cc1C. The Morgan fingerprint density at radius 2 is 1.33 bits per heavy atom. The fourth-order valence-corrected chi connectivity index (χ4v) is 2.12. The van der Waals surface area contributed by atoms with Gasteiger partial charge in [0.2, 0.25) is 0 Å². The lowest BCUT2D eigenvalue weighted by atomic mass is 9.97. The number of hydrogen-bond acceptors (Lipinski definition) is 1. The average Bonchev–Trinajstić information content (AvgIpc) is 2.42. The Balaban J connectivity index is 2.52. The summed E-state index contributed by atoms with van der Waals surface area (Å²) in [6, 6.07) is 5.22. The molecule has 130 valence electrons. The lowest BCUT2D eigenvalue weighted by Gasteiger charge is -2.19. The molecule has 0 fully saturated rings. The van der Waals surface area contributed by atoms with E-state index in [-0.39, 0.29) is 17.1 Å². The van der Waals surface area contributed by atoms with E-state index in [9.17, 15) is 22.0 Å². The smallest absolute Gasteiger partial charge is 0.416 e. The highest BCUT2D eigenvalue weighted by atomic mass is 19.4. The number of hydrogen-bond donors (Lipinski definition) is 0. The van der Waals surface area contributed by atoms with Gasteiger partial charge in [0.05, 0.1) is 5.56 Å². The van der Waals surface area contributed by atoms with Gasteiger partial charge in [-0.2, -0.15) is 13.2 Å². The largest absolute Gasteiger partial charge is 0.454 e. The quantitative estimate of drug-likeness (QED) is 0.581. The lowest BCUT2D eigenvalue weighted by Crippen LogP contribution is -2.13. The number of halogens is 5. The van der Waals surface area contributed by atoms with Crippen molar-refractivity contribution >= 4 is 0 Å². The normalized spacial score (nSPS) is 12.4. The molecular formula is C18H17F5O. The molecule has 0 amide bonds. The van der Waals surface area contributed by atoms with E-state index >= 15 is 0 Å². The summed E-state index contributed by atoms with van der Waals surface area (Å²) in [5.41, 5.74) is -1.83. The molecule has 0 saturated heterocycles. The lowest BCUT2D eigenvalue weighted by molar-refractivity contribution is -0.137. The van der Waals surface area contributed by atoms with Gasteiger partial charge in [-0.25, -0.2) is 8.78 Å². The van der Waals surface area contributed by atoms with Crippen LogP contribution in [-0.4, -0.2) is 0 Å². The number of benzene rings is 2. The molecule has 0 aliphatic rings. The third-order valence-electron chi connectivity index (χ3n) is 3.70. The van der Waals surface area contributed by atoms with E-state index in [1.807, 2.05) is 0 Å². The number of alkyl halides is 4. The van der Waals surface area contributed by atoms with Crippen molar-refractivity contribution in [3.63, 3.8) is 0 Å². The highest BCUT2D eigenvalue weighted by molar-refractivity contribution is 5.43. The van der Waals surface area contributed by atoms with Gasteiger partial charge < -0.3 is 4.74 Å².